The molecule has 0 radical (unpaired) electrons. The van der Waals surface area contributed by atoms with Crippen molar-refractivity contribution in [1.82, 2.24) is 14.5 Å². The van der Waals surface area contributed by atoms with Crippen LogP contribution in [0.2, 0.25) is 0 Å². The Hall–Kier alpha value is -3.20. The molecule has 0 spiro atoms. The first-order valence-corrected chi connectivity index (χ1v) is 13.2. The van der Waals surface area contributed by atoms with E-state index in [1.54, 1.807) is 12.1 Å². The average molecular weight is 500 g/mol. The molecule has 0 saturated carbocycles. The van der Waals surface area contributed by atoms with Gasteiger partial charge in [-0.15, -0.1) is 0 Å². The van der Waals surface area contributed by atoms with E-state index in [-0.39, 0.29) is 35.2 Å². The maximum atomic E-state index is 13.4. The van der Waals surface area contributed by atoms with Crippen LogP contribution >= 0.6 is 0 Å². The molecule has 0 bridgehead atoms. The summed E-state index contributed by atoms with van der Waals surface area (Å²) in [4.78, 5) is 40.6. The Morgan fingerprint density at radius 2 is 1.66 bits per heavy atom. The van der Waals surface area contributed by atoms with Crippen molar-refractivity contribution in [2.24, 2.45) is 0 Å². The van der Waals surface area contributed by atoms with Gasteiger partial charge in [0, 0.05) is 25.0 Å². The van der Waals surface area contributed by atoms with Crippen LogP contribution in [0.5, 0.6) is 0 Å². The predicted molar refractivity (Wildman–Crippen MR) is 133 cm³/mol. The highest BCUT2D eigenvalue weighted by molar-refractivity contribution is 7.90. The van der Waals surface area contributed by atoms with Crippen molar-refractivity contribution >= 4 is 27.7 Å². The summed E-state index contributed by atoms with van der Waals surface area (Å²) in [5, 5.41) is 2.94. The third kappa shape index (κ3) is 6.08. The van der Waals surface area contributed by atoms with Crippen molar-refractivity contribution in [2.75, 3.05) is 13.1 Å². The molecule has 0 saturated heterocycles. The molecule has 3 amide bonds. The average Bonchev–Trinajstić information content (AvgIpc) is 2.99. The molecule has 1 aliphatic heterocycles. The molecular formula is C26H33N3O5S. The molecule has 35 heavy (non-hydrogen) atoms. The van der Waals surface area contributed by atoms with Gasteiger partial charge in [0.15, 0.2) is 0 Å². The number of sulfonamides is 1. The minimum absolute atomic E-state index is 0.0469. The number of benzene rings is 2. The van der Waals surface area contributed by atoms with Crippen molar-refractivity contribution in [2.45, 2.75) is 63.4 Å². The fourth-order valence-corrected chi connectivity index (χ4v) is 5.71. The molecule has 188 valence electrons. The molecule has 0 aromatic heterocycles. The quantitative estimate of drug-likeness (QED) is 0.571. The Balaban J connectivity index is 1.79. The first-order chi connectivity index (χ1) is 16.5. The lowest BCUT2D eigenvalue weighted by atomic mass is 10.0. The standard InChI is InChI=1S/C26H33N3O5S/c1-5-21(24(31)27-26(2,3)4)28(17-15-19-11-7-6-8-12-19)23(30)16-18-29-25(32)20-13-9-10-14-22(20)35(29,33)34/h6-14,21H,5,15-18H2,1-4H3,(H,27,31)/t21-/m1/s1. The van der Waals surface area contributed by atoms with Gasteiger partial charge in [-0.1, -0.05) is 49.4 Å². The first-order valence-electron chi connectivity index (χ1n) is 11.8. The van der Waals surface area contributed by atoms with Gasteiger partial charge in [-0.05, 0) is 51.3 Å². The number of hydrogen-bond donors (Lipinski definition) is 1. The van der Waals surface area contributed by atoms with Crippen LogP contribution < -0.4 is 5.32 Å². The van der Waals surface area contributed by atoms with E-state index in [9.17, 15) is 22.8 Å². The normalized spacial score (nSPS) is 15.4. The van der Waals surface area contributed by atoms with Crippen LogP contribution in [0.4, 0.5) is 0 Å². The summed E-state index contributed by atoms with van der Waals surface area (Å²) in [5.41, 5.74) is 0.654. The van der Waals surface area contributed by atoms with E-state index in [4.69, 9.17) is 0 Å². The maximum Gasteiger partial charge on any atom is 0.269 e. The molecule has 1 heterocycles. The topological polar surface area (TPSA) is 104 Å². The SMILES string of the molecule is CC[C@H](C(=O)NC(C)(C)C)N(CCc1ccccc1)C(=O)CCN1C(=O)c2ccccc2S1(=O)=O. The summed E-state index contributed by atoms with van der Waals surface area (Å²) in [5.74, 6) is -1.28. The Morgan fingerprint density at radius 3 is 2.26 bits per heavy atom. The van der Waals surface area contributed by atoms with Crippen LogP contribution in [-0.2, 0) is 26.0 Å². The summed E-state index contributed by atoms with van der Waals surface area (Å²) in [6.45, 7) is 7.45. The summed E-state index contributed by atoms with van der Waals surface area (Å²) in [6, 6.07) is 14.9. The summed E-state index contributed by atoms with van der Waals surface area (Å²) in [6.07, 6.45) is 0.722. The van der Waals surface area contributed by atoms with Gasteiger partial charge in [-0.2, -0.15) is 0 Å². The van der Waals surface area contributed by atoms with Gasteiger partial charge in [-0.25, -0.2) is 12.7 Å². The number of hydrogen-bond acceptors (Lipinski definition) is 5. The molecule has 1 atom stereocenters. The van der Waals surface area contributed by atoms with Crippen molar-refractivity contribution in [1.29, 1.82) is 0 Å². The molecule has 8 nitrogen and oxygen atoms in total. The molecule has 1 aliphatic rings. The van der Waals surface area contributed by atoms with E-state index in [2.05, 4.69) is 5.32 Å². The molecular weight excluding hydrogens is 466 g/mol. The second kappa shape index (κ2) is 10.6. The number of carbonyl (C=O) groups is 3. The van der Waals surface area contributed by atoms with Crippen LogP contribution in [0, 0.1) is 0 Å². The fraction of sp³-hybridized carbons (Fsp3) is 0.423. The molecule has 1 N–H and O–H groups in total. The highest BCUT2D eigenvalue weighted by Gasteiger charge is 2.41. The zero-order valence-electron chi connectivity index (χ0n) is 20.7. The van der Waals surface area contributed by atoms with Gasteiger partial charge >= 0.3 is 0 Å². The van der Waals surface area contributed by atoms with Crippen LogP contribution in [-0.4, -0.2) is 60.0 Å². The number of rotatable bonds is 9. The van der Waals surface area contributed by atoms with E-state index < -0.39 is 27.5 Å². The number of carbonyl (C=O) groups excluding carboxylic acids is 3. The van der Waals surface area contributed by atoms with E-state index >= 15 is 0 Å². The Labute approximate surface area is 207 Å². The molecule has 0 unspecified atom stereocenters. The summed E-state index contributed by atoms with van der Waals surface area (Å²) >= 11 is 0. The third-order valence-corrected chi connectivity index (χ3v) is 7.65. The Kier molecular flexibility index (Phi) is 8.00. The number of nitrogens with zero attached hydrogens (tertiary/aromatic N) is 2. The second-order valence-electron chi connectivity index (χ2n) is 9.61. The number of amides is 3. The number of nitrogens with one attached hydrogen (secondary N) is 1. The molecule has 3 rings (SSSR count). The lowest BCUT2D eigenvalue weighted by Gasteiger charge is -2.33. The van der Waals surface area contributed by atoms with Crippen molar-refractivity contribution in [3.8, 4) is 0 Å². The zero-order valence-corrected chi connectivity index (χ0v) is 21.5. The molecule has 2 aromatic rings. The summed E-state index contributed by atoms with van der Waals surface area (Å²) in [7, 11) is -4.00. The monoisotopic (exact) mass is 499 g/mol. The lowest BCUT2D eigenvalue weighted by Crippen LogP contribution is -2.54. The molecule has 9 heteroatoms. The van der Waals surface area contributed by atoms with Crippen LogP contribution in [0.1, 0.15) is 56.5 Å². The van der Waals surface area contributed by atoms with Crippen LogP contribution in [0.3, 0.4) is 0 Å². The van der Waals surface area contributed by atoms with Crippen molar-refractivity contribution in [3.63, 3.8) is 0 Å². The van der Waals surface area contributed by atoms with Crippen molar-refractivity contribution < 1.29 is 22.8 Å². The third-order valence-electron chi connectivity index (χ3n) is 5.81. The lowest BCUT2D eigenvalue weighted by molar-refractivity contribution is -0.141. The van der Waals surface area contributed by atoms with Gasteiger partial charge in [0.05, 0.1) is 5.56 Å². The Bertz CT molecular complexity index is 1190. The van der Waals surface area contributed by atoms with Crippen LogP contribution in [0.25, 0.3) is 0 Å². The fourth-order valence-electron chi connectivity index (χ4n) is 4.14. The van der Waals surface area contributed by atoms with Gasteiger partial charge in [0.1, 0.15) is 10.9 Å². The summed E-state index contributed by atoms with van der Waals surface area (Å²) < 4.78 is 26.5. The highest BCUT2D eigenvalue weighted by atomic mass is 32.2. The van der Waals surface area contributed by atoms with E-state index in [1.807, 2.05) is 58.0 Å². The van der Waals surface area contributed by atoms with Gasteiger partial charge in [0.25, 0.3) is 15.9 Å². The van der Waals surface area contributed by atoms with Gasteiger partial charge in [-0.3, -0.25) is 14.4 Å². The number of fused-ring (bicyclic) bond motifs is 1. The van der Waals surface area contributed by atoms with Crippen LogP contribution in [0.15, 0.2) is 59.5 Å². The smallest absolute Gasteiger partial charge is 0.269 e. The highest BCUT2D eigenvalue weighted by Crippen LogP contribution is 2.30. The second-order valence-corrected chi connectivity index (χ2v) is 11.4. The minimum atomic E-state index is -4.00. The molecule has 2 aromatic carbocycles. The molecule has 0 aliphatic carbocycles. The largest absolute Gasteiger partial charge is 0.350 e. The van der Waals surface area contributed by atoms with Gasteiger partial charge < -0.3 is 10.2 Å². The Morgan fingerprint density at radius 1 is 1.03 bits per heavy atom. The van der Waals surface area contributed by atoms with E-state index in [0.717, 1.165) is 9.87 Å². The van der Waals surface area contributed by atoms with E-state index in [1.165, 1.54) is 17.0 Å². The predicted octanol–water partition coefficient (Wildman–Crippen LogP) is 2.99. The van der Waals surface area contributed by atoms with Gasteiger partial charge in [0.2, 0.25) is 11.8 Å². The minimum Gasteiger partial charge on any atom is -0.350 e. The molecule has 0 fully saturated rings. The zero-order chi connectivity index (χ0) is 25.8. The van der Waals surface area contributed by atoms with Crippen molar-refractivity contribution in [3.05, 3.63) is 65.7 Å². The maximum absolute atomic E-state index is 13.4. The first kappa shape index (κ1) is 26.4. The van der Waals surface area contributed by atoms with E-state index in [0.29, 0.717) is 19.4 Å².